The van der Waals surface area contributed by atoms with Gasteiger partial charge in [0, 0.05) is 5.24 Å². The average molecular weight is 385 g/mol. The van der Waals surface area contributed by atoms with Crippen LogP contribution in [0.15, 0.2) is 30.3 Å². The highest BCUT2D eigenvalue weighted by atomic mass is 32.9. The lowest BCUT2D eigenvalue weighted by Crippen LogP contribution is -2.22. The Labute approximate surface area is 156 Å². The monoisotopic (exact) mass is 384 g/mol. The zero-order valence-corrected chi connectivity index (χ0v) is 17.3. The van der Waals surface area contributed by atoms with Crippen LogP contribution in [0.2, 0.25) is 0 Å². The third-order valence-corrected chi connectivity index (χ3v) is 16.5. The number of hydrogen-bond acceptors (Lipinski definition) is 3. The van der Waals surface area contributed by atoms with Crippen LogP contribution >= 0.6 is 29.3 Å². The van der Waals surface area contributed by atoms with Gasteiger partial charge in [-0.2, -0.15) is 12.6 Å². The van der Waals surface area contributed by atoms with Crippen molar-refractivity contribution in [2.24, 2.45) is 0 Å². The predicted molar refractivity (Wildman–Crippen MR) is 114 cm³/mol. The van der Waals surface area contributed by atoms with Crippen molar-refractivity contribution in [2.75, 3.05) is 0 Å². The van der Waals surface area contributed by atoms with Gasteiger partial charge in [0.1, 0.15) is 0 Å². The van der Waals surface area contributed by atoms with Crippen molar-refractivity contribution >= 4 is 41.1 Å². The van der Waals surface area contributed by atoms with Crippen molar-refractivity contribution in [3.63, 3.8) is 0 Å². The minimum absolute atomic E-state index is 0.255. The molecule has 0 saturated heterocycles. The molecule has 0 aromatic heterocycles. The average Bonchev–Trinajstić information content (AvgIpc) is 2.64. The molecule has 0 heterocycles. The maximum atomic E-state index is 6.54. The second kappa shape index (κ2) is 8.79. The van der Waals surface area contributed by atoms with Crippen molar-refractivity contribution < 1.29 is 0 Å². The maximum absolute atomic E-state index is 6.54. The fourth-order valence-electron chi connectivity index (χ4n) is 4.19. The van der Waals surface area contributed by atoms with Gasteiger partial charge in [-0.1, -0.05) is 80.7 Å². The number of rotatable bonds is 5. The third kappa shape index (κ3) is 4.60. The minimum atomic E-state index is -1.42. The molecule has 0 nitrogen and oxygen atoms in total. The van der Waals surface area contributed by atoms with E-state index in [1.165, 1.54) is 69.8 Å². The lowest BCUT2D eigenvalue weighted by Gasteiger charge is -2.42. The van der Waals surface area contributed by atoms with Gasteiger partial charge in [0.25, 0.3) is 0 Å². The summed E-state index contributed by atoms with van der Waals surface area (Å²) < 4.78 is 0.255. The summed E-state index contributed by atoms with van der Waals surface area (Å²) in [4.78, 5) is 0. The molecular formula is C19H29PS3. The highest BCUT2D eigenvalue weighted by Gasteiger charge is 2.39. The van der Waals surface area contributed by atoms with Crippen LogP contribution in [0.25, 0.3) is 0 Å². The van der Waals surface area contributed by atoms with Crippen molar-refractivity contribution in [2.45, 2.75) is 80.1 Å². The molecule has 1 atom stereocenters. The van der Waals surface area contributed by atoms with Crippen LogP contribution in [-0.4, -0.2) is 11.3 Å². The number of hydrogen-bond donors (Lipinski definition) is 1. The number of thiol groups is 1. The van der Waals surface area contributed by atoms with Crippen LogP contribution in [0.1, 0.15) is 74.4 Å². The molecule has 0 spiro atoms. The smallest absolute Gasteiger partial charge is 0.0770 e. The van der Waals surface area contributed by atoms with Crippen LogP contribution in [-0.2, 0) is 11.8 Å². The molecule has 23 heavy (non-hydrogen) atoms. The van der Waals surface area contributed by atoms with E-state index in [1.807, 2.05) is 0 Å². The first kappa shape index (κ1) is 18.4. The first-order valence-corrected chi connectivity index (χ1v) is 14.1. The number of benzene rings is 1. The van der Waals surface area contributed by atoms with Crippen molar-refractivity contribution in [1.29, 1.82) is 0 Å². The maximum Gasteiger partial charge on any atom is 0.0770 e. The summed E-state index contributed by atoms with van der Waals surface area (Å²) >= 11 is 13.6. The molecule has 0 radical (unpaired) electrons. The van der Waals surface area contributed by atoms with Gasteiger partial charge in [0.2, 0.25) is 0 Å². The second-order valence-corrected chi connectivity index (χ2v) is 16.3. The van der Waals surface area contributed by atoms with Crippen LogP contribution in [0.5, 0.6) is 0 Å². The fourth-order valence-corrected chi connectivity index (χ4v) is 15.7. The fraction of sp³-hybridized carbons (Fsp3) is 0.684. The molecule has 2 fully saturated rings. The van der Waals surface area contributed by atoms with E-state index in [9.17, 15) is 0 Å². The van der Waals surface area contributed by atoms with E-state index >= 15 is 0 Å². The highest BCUT2D eigenvalue weighted by Crippen LogP contribution is 2.75. The van der Waals surface area contributed by atoms with E-state index < -0.39 is 5.24 Å². The molecule has 1 aromatic carbocycles. The molecule has 2 saturated carbocycles. The van der Waals surface area contributed by atoms with E-state index in [0.29, 0.717) is 0 Å². The molecule has 0 aliphatic heterocycles. The van der Waals surface area contributed by atoms with Gasteiger partial charge < -0.3 is 0 Å². The molecule has 0 amide bonds. The van der Waals surface area contributed by atoms with Crippen LogP contribution in [0.3, 0.4) is 0 Å². The standard InChI is InChI=1S/C19H29PS3/c21-19(16-10-4-1-5-11-16)23-20(22,17-12-6-2-7-13-17)18-14-8-3-9-15-18/h1,4-5,10-11,17-19,21H,2-3,6-9,12-15H2/t19-/m0/s1. The lowest BCUT2D eigenvalue weighted by atomic mass is 10.00. The first-order chi connectivity index (χ1) is 11.2. The van der Waals surface area contributed by atoms with Crippen molar-refractivity contribution in [3.8, 4) is 0 Å². The van der Waals surface area contributed by atoms with Gasteiger partial charge in [0.05, 0.1) is 4.58 Å². The minimum Gasteiger partial charge on any atom is -0.160 e. The quantitative estimate of drug-likeness (QED) is 0.319. The Morgan fingerprint density at radius 3 is 1.83 bits per heavy atom. The molecule has 2 aliphatic rings. The van der Waals surface area contributed by atoms with Crippen molar-refractivity contribution in [1.82, 2.24) is 0 Å². The molecule has 3 rings (SSSR count). The third-order valence-electron chi connectivity index (χ3n) is 5.52. The van der Waals surface area contributed by atoms with Crippen LogP contribution in [0.4, 0.5) is 0 Å². The molecule has 1 aromatic rings. The zero-order chi connectivity index (χ0) is 16.1. The Balaban J connectivity index is 1.80. The van der Waals surface area contributed by atoms with Gasteiger partial charge in [-0.15, -0.1) is 11.4 Å². The van der Waals surface area contributed by atoms with Crippen LogP contribution in [0, 0.1) is 0 Å². The summed E-state index contributed by atoms with van der Waals surface area (Å²) in [6.07, 6.45) is 14.0. The molecule has 2 aliphatic carbocycles. The largest absolute Gasteiger partial charge is 0.160 e. The van der Waals surface area contributed by atoms with Gasteiger partial charge in [-0.3, -0.25) is 0 Å². The Morgan fingerprint density at radius 2 is 1.35 bits per heavy atom. The Kier molecular flexibility index (Phi) is 7.02. The molecular weight excluding hydrogens is 355 g/mol. The zero-order valence-electron chi connectivity index (χ0n) is 13.9. The van der Waals surface area contributed by atoms with Gasteiger partial charge >= 0.3 is 0 Å². The molecule has 0 unspecified atom stereocenters. The van der Waals surface area contributed by atoms with Crippen LogP contribution < -0.4 is 0 Å². The van der Waals surface area contributed by atoms with Gasteiger partial charge in [0.15, 0.2) is 0 Å². The topological polar surface area (TPSA) is 0 Å². The predicted octanol–water partition coefficient (Wildman–Crippen LogP) is 7.41. The summed E-state index contributed by atoms with van der Waals surface area (Å²) in [5.74, 6) is 0. The van der Waals surface area contributed by atoms with Crippen molar-refractivity contribution in [3.05, 3.63) is 35.9 Å². The SMILES string of the molecule is S=P(S[C@H](S)c1ccccc1)(C1CCCCC1)C1CCCCC1. The molecule has 0 N–H and O–H groups in total. The summed E-state index contributed by atoms with van der Waals surface area (Å²) in [6.45, 7) is 0. The first-order valence-electron chi connectivity index (χ1n) is 9.21. The normalized spacial score (nSPS) is 22.8. The van der Waals surface area contributed by atoms with E-state index in [4.69, 9.17) is 24.4 Å². The molecule has 4 heteroatoms. The van der Waals surface area contributed by atoms with E-state index in [-0.39, 0.29) is 4.58 Å². The Morgan fingerprint density at radius 1 is 0.870 bits per heavy atom. The van der Waals surface area contributed by atoms with E-state index in [1.54, 1.807) is 0 Å². The van der Waals surface area contributed by atoms with Gasteiger partial charge in [-0.25, -0.2) is 0 Å². The lowest BCUT2D eigenvalue weighted by molar-refractivity contribution is 0.488. The molecule has 128 valence electrons. The van der Waals surface area contributed by atoms with E-state index in [0.717, 1.165) is 11.3 Å². The van der Waals surface area contributed by atoms with Gasteiger partial charge in [-0.05, 0) is 42.6 Å². The summed E-state index contributed by atoms with van der Waals surface area (Å²) in [6, 6.07) is 10.8. The highest BCUT2D eigenvalue weighted by molar-refractivity contribution is 8.72. The Hall–Kier alpha value is 0.570. The van der Waals surface area contributed by atoms with E-state index in [2.05, 4.69) is 41.7 Å². The summed E-state index contributed by atoms with van der Waals surface area (Å²) in [7, 11) is 0. The second-order valence-electron chi connectivity index (χ2n) is 7.10. The molecule has 0 bridgehead atoms. The summed E-state index contributed by atoms with van der Waals surface area (Å²) in [5, 5.41) is -1.42. The Bertz CT molecular complexity index is 497. The summed E-state index contributed by atoms with van der Waals surface area (Å²) in [5.41, 5.74) is 2.97.